The summed E-state index contributed by atoms with van der Waals surface area (Å²) >= 11 is 4.90. The molecule has 0 radical (unpaired) electrons. The van der Waals surface area contributed by atoms with Gasteiger partial charge in [0.15, 0.2) is 11.5 Å². The van der Waals surface area contributed by atoms with Gasteiger partial charge in [-0.3, -0.25) is 4.99 Å². The molecule has 0 saturated heterocycles. The highest BCUT2D eigenvalue weighted by molar-refractivity contribution is 9.10. The van der Waals surface area contributed by atoms with Crippen LogP contribution in [0.15, 0.2) is 68.5 Å². The number of fused-ring (bicyclic) bond motifs is 1. The maximum absolute atomic E-state index is 10.1. The number of methoxy groups -OCH3 is 2. The van der Waals surface area contributed by atoms with E-state index in [-0.39, 0.29) is 5.75 Å². The lowest BCUT2D eigenvalue weighted by Crippen LogP contribution is -2.12. The Kier molecular flexibility index (Phi) is 6.62. The van der Waals surface area contributed by atoms with Crippen LogP contribution in [-0.4, -0.2) is 36.8 Å². The van der Waals surface area contributed by atoms with E-state index in [0.717, 1.165) is 38.1 Å². The van der Waals surface area contributed by atoms with E-state index in [2.05, 4.69) is 50.6 Å². The van der Waals surface area contributed by atoms with E-state index in [0.29, 0.717) is 16.8 Å². The molecule has 8 heteroatoms. The fraction of sp³-hybridized carbons (Fsp3) is 0.167. The van der Waals surface area contributed by atoms with Gasteiger partial charge in [0.1, 0.15) is 5.75 Å². The van der Waals surface area contributed by atoms with Gasteiger partial charge in [-0.1, -0.05) is 18.2 Å². The number of thiazole rings is 1. The first kappa shape index (κ1) is 22.1. The highest BCUT2D eigenvalue weighted by atomic mass is 79.9. The van der Waals surface area contributed by atoms with Crippen molar-refractivity contribution >= 4 is 44.3 Å². The first-order chi connectivity index (χ1) is 15.5. The third-order valence-electron chi connectivity index (χ3n) is 4.91. The molecule has 1 aromatic heterocycles. The number of phenols is 1. The first-order valence-corrected chi connectivity index (χ1v) is 11.6. The Hall–Kier alpha value is -3.10. The summed E-state index contributed by atoms with van der Waals surface area (Å²) in [5.74, 6) is 1.27. The maximum atomic E-state index is 10.1. The largest absolute Gasteiger partial charge is 0.503 e. The summed E-state index contributed by atoms with van der Waals surface area (Å²) in [6, 6.07) is 15.8. The van der Waals surface area contributed by atoms with E-state index in [1.165, 1.54) is 7.11 Å². The van der Waals surface area contributed by atoms with Crippen molar-refractivity contribution in [3.8, 4) is 28.5 Å². The summed E-state index contributed by atoms with van der Waals surface area (Å²) in [6.07, 6.45) is 1.73. The van der Waals surface area contributed by atoms with Crippen LogP contribution in [0, 0.1) is 0 Å². The zero-order valence-corrected chi connectivity index (χ0v) is 20.3. The molecule has 4 aromatic rings. The van der Waals surface area contributed by atoms with Crippen molar-refractivity contribution in [2.24, 2.45) is 10.1 Å². The van der Waals surface area contributed by atoms with Crippen molar-refractivity contribution in [2.45, 2.75) is 6.92 Å². The summed E-state index contributed by atoms with van der Waals surface area (Å²) in [5, 5.41) is 19.1. The molecule has 0 saturated carbocycles. The smallest absolute Gasteiger partial charge is 0.206 e. The van der Waals surface area contributed by atoms with Gasteiger partial charge in [0, 0.05) is 17.5 Å². The summed E-state index contributed by atoms with van der Waals surface area (Å²) in [4.78, 5) is 5.40. The number of aromatic hydroxyl groups is 1. The zero-order valence-electron chi connectivity index (χ0n) is 17.9. The van der Waals surface area contributed by atoms with E-state index < -0.39 is 0 Å². The summed E-state index contributed by atoms with van der Waals surface area (Å²) in [5.41, 5.74) is 2.77. The van der Waals surface area contributed by atoms with Gasteiger partial charge in [-0.2, -0.15) is 5.10 Å². The van der Waals surface area contributed by atoms with Crippen LogP contribution in [-0.2, 0) is 0 Å². The van der Waals surface area contributed by atoms with Crippen LogP contribution < -0.4 is 14.3 Å². The second kappa shape index (κ2) is 9.58. The number of hydrogen-bond donors (Lipinski definition) is 1. The lowest BCUT2D eigenvalue weighted by atomic mass is 10.1. The van der Waals surface area contributed by atoms with Gasteiger partial charge < -0.3 is 14.6 Å². The van der Waals surface area contributed by atoms with Crippen LogP contribution in [0.4, 0.5) is 0 Å². The Labute approximate surface area is 198 Å². The molecule has 0 spiro atoms. The molecule has 0 amide bonds. The van der Waals surface area contributed by atoms with Gasteiger partial charge in [-0.25, -0.2) is 4.68 Å². The minimum Gasteiger partial charge on any atom is -0.503 e. The molecule has 0 atom stereocenters. The fourth-order valence-corrected chi connectivity index (χ4v) is 4.67. The van der Waals surface area contributed by atoms with E-state index in [1.807, 2.05) is 23.7 Å². The quantitative estimate of drug-likeness (QED) is 0.339. The highest BCUT2D eigenvalue weighted by Gasteiger charge is 2.10. The summed E-state index contributed by atoms with van der Waals surface area (Å²) in [7, 11) is 3.19. The van der Waals surface area contributed by atoms with Gasteiger partial charge in [0.25, 0.3) is 0 Å². The van der Waals surface area contributed by atoms with Crippen LogP contribution in [0.3, 0.4) is 0 Å². The zero-order chi connectivity index (χ0) is 22.7. The number of benzene rings is 3. The first-order valence-electron chi connectivity index (χ1n) is 9.94. The molecule has 1 N–H and O–H groups in total. The van der Waals surface area contributed by atoms with E-state index in [4.69, 9.17) is 14.6 Å². The molecule has 0 fully saturated rings. The van der Waals surface area contributed by atoms with Crippen molar-refractivity contribution < 1.29 is 14.6 Å². The third kappa shape index (κ3) is 4.42. The van der Waals surface area contributed by atoms with Crippen molar-refractivity contribution in [3.05, 3.63) is 68.7 Å². The second-order valence-corrected chi connectivity index (χ2v) is 8.61. The molecular formula is C24H22BrN3O3S. The van der Waals surface area contributed by atoms with Gasteiger partial charge in [0.05, 0.1) is 30.6 Å². The SMILES string of the molecule is CCN=c1scc(-c2ccc3cc(OC)ccc3c2)n1N=Cc1cc(Br)c(O)c(OC)c1. The van der Waals surface area contributed by atoms with Crippen molar-refractivity contribution in [1.29, 1.82) is 0 Å². The predicted octanol–water partition coefficient (Wildman–Crippen LogP) is 5.66. The Bertz CT molecular complexity index is 1370. The molecule has 0 unspecified atom stereocenters. The van der Waals surface area contributed by atoms with Crippen LogP contribution in [0.5, 0.6) is 17.2 Å². The Balaban J connectivity index is 1.79. The summed E-state index contributed by atoms with van der Waals surface area (Å²) < 4.78 is 13.0. The minimum absolute atomic E-state index is 0.0583. The fourth-order valence-electron chi connectivity index (χ4n) is 3.31. The molecule has 0 bridgehead atoms. The van der Waals surface area contributed by atoms with Gasteiger partial charge in [-0.05, 0) is 69.5 Å². The Morgan fingerprint density at radius 1 is 1.06 bits per heavy atom. The lowest BCUT2D eigenvalue weighted by Gasteiger charge is -2.08. The molecule has 1 heterocycles. The number of halogens is 1. The molecule has 3 aromatic carbocycles. The predicted molar refractivity (Wildman–Crippen MR) is 133 cm³/mol. The molecular weight excluding hydrogens is 490 g/mol. The van der Waals surface area contributed by atoms with E-state index >= 15 is 0 Å². The highest BCUT2D eigenvalue weighted by Crippen LogP contribution is 2.35. The minimum atomic E-state index is 0.0583. The topological polar surface area (TPSA) is 68.3 Å². The standard InChI is InChI=1S/C24H22BrN3O3S/c1-4-26-24-28(27-13-15-9-20(25)23(29)22(10-15)31-3)21(14-32-24)18-6-5-17-12-19(30-2)8-7-16(17)11-18/h5-14,29H,4H2,1-3H3. The van der Waals surface area contributed by atoms with Crippen molar-refractivity contribution in [1.82, 2.24) is 4.68 Å². The molecule has 0 aliphatic rings. The van der Waals surface area contributed by atoms with Crippen LogP contribution in [0.1, 0.15) is 12.5 Å². The normalized spacial score (nSPS) is 12.1. The van der Waals surface area contributed by atoms with Gasteiger partial charge in [-0.15, -0.1) is 11.3 Å². The molecule has 4 rings (SSSR count). The van der Waals surface area contributed by atoms with E-state index in [1.54, 1.807) is 36.8 Å². The van der Waals surface area contributed by atoms with Crippen molar-refractivity contribution in [3.63, 3.8) is 0 Å². The molecule has 164 valence electrons. The molecule has 0 aliphatic carbocycles. The molecule has 6 nitrogen and oxygen atoms in total. The lowest BCUT2D eigenvalue weighted by molar-refractivity contribution is 0.372. The number of phenolic OH excluding ortho intramolecular Hbond substituents is 1. The Morgan fingerprint density at radius 2 is 1.84 bits per heavy atom. The maximum Gasteiger partial charge on any atom is 0.206 e. The number of ether oxygens (including phenoxy) is 2. The van der Waals surface area contributed by atoms with Crippen LogP contribution >= 0.6 is 27.3 Å². The third-order valence-corrected chi connectivity index (χ3v) is 6.37. The monoisotopic (exact) mass is 511 g/mol. The average Bonchev–Trinajstić information content (AvgIpc) is 3.21. The number of rotatable bonds is 6. The van der Waals surface area contributed by atoms with Gasteiger partial charge in [0.2, 0.25) is 4.80 Å². The summed E-state index contributed by atoms with van der Waals surface area (Å²) in [6.45, 7) is 2.66. The molecule has 0 aliphatic heterocycles. The number of aromatic nitrogens is 1. The molecule has 32 heavy (non-hydrogen) atoms. The number of nitrogens with zero attached hydrogens (tertiary/aromatic N) is 3. The van der Waals surface area contributed by atoms with Gasteiger partial charge >= 0.3 is 0 Å². The average molecular weight is 512 g/mol. The van der Waals surface area contributed by atoms with Crippen LogP contribution in [0.25, 0.3) is 22.0 Å². The Morgan fingerprint density at radius 3 is 2.59 bits per heavy atom. The van der Waals surface area contributed by atoms with E-state index in [9.17, 15) is 5.11 Å². The second-order valence-electron chi connectivity index (χ2n) is 6.92. The number of hydrogen-bond acceptors (Lipinski definition) is 6. The van der Waals surface area contributed by atoms with Crippen LogP contribution in [0.2, 0.25) is 0 Å². The van der Waals surface area contributed by atoms with Crippen molar-refractivity contribution in [2.75, 3.05) is 20.8 Å².